The summed E-state index contributed by atoms with van der Waals surface area (Å²) in [6, 6.07) is 24.9. The fraction of sp³-hybridized carbons (Fsp3) is 0.0909. The van der Waals surface area contributed by atoms with Gasteiger partial charge in [-0.05, 0) is 28.8 Å². The van der Waals surface area contributed by atoms with E-state index in [1.54, 1.807) is 12.1 Å². The Balaban J connectivity index is 1.61. The second kappa shape index (κ2) is 8.67. The highest BCUT2D eigenvalue weighted by Crippen LogP contribution is 2.20. The van der Waals surface area contributed by atoms with E-state index in [9.17, 15) is 14.7 Å². The van der Waals surface area contributed by atoms with Gasteiger partial charge in [-0.25, -0.2) is 9.59 Å². The van der Waals surface area contributed by atoms with Gasteiger partial charge >= 0.3 is 12.0 Å². The van der Waals surface area contributed by atoms with Crippen molar-refractivity contribution in [3.05, 3.63) is 90.5 Å². The summed E-state index contributed by atoms with van der Waals surface area (Å²) in [5.74, 6) is -1.08. The predicted octanol–water partition coefficient (Wildman–Crippen LogP) is 4.17. The fourth-order valence-corrected chi connectivity index (χ4v) is 2.75. The van der Waals surface area contributed by atoms with Gasteiger partial charge in [-0.15, -0.1) is 0 Å². The van der Waals surface area contributed by atoms with Crippen molar-refractivity contribution in [1.29, 1.82) is 0 Å². The van der Waals surface area contributed by atoms with Gasteiger partial charge in [0.2, 0.25) is 0 Å². The summed E-state index contributed by atoms with van der Waals surface area (Å²) in [4.78, 5) is 23.6. The number of nitrogens with one attached hydrogen (secondary N) is 2. The SMILES string of the molecule is O=C(Nc1ccc(-c2ccccc2)cc1)N[C@@H](Cc1ccccc1)C(=O)O. The molecule has 0 aliphatic carbocycles. The topological polar surface area (TPSA) is 78.4 Å². The van der Waals surface area contributed by atoms with E-state index in [-0.39, 0.29) is 6.42 Å². The summed E-state index contributed by atoms with van der Waals surface area (Å²) >= 11 is 0. The third-order valence-corrected chi connectivity index (χ3v) is 4.14. The Morgan fingerprint density at radius 3 is 1.93 bits per heavy atom. The molecule has 3 aromatic carbocycles. The van der Waals surface area contributed by atoms with Crippen LogP contribution in [0.25, 0.3) is 11.1 Å². The molecule has 5 nitrogen and oxygen atoms in total. The van der Waals surface area contributed by atoms with Crippen molar-refractivity contribution in [3.8, 4) is 11.1 Å². The van der Waals surface area contributed by atoms with Crippen LogP contribution in [-0.4, -0.2) is 23.1 Å². The van der Waals surface area contributed by atoms with Crippen LogP contribution in [0.1, 0.15) is 5.56 Å². The third kappa shape index (κ3) is 5.19. The lowest BCUT2D eigenvalue weighted by molar-refractivity contribution is -0.139. The number of hydrogen-bond donors (Lipinski definition) is 3. The Morgan fingerprint density at radius 2 is 1.33 bits per heavy atom. The van der Waals surface area contributed by atoms with E-state index in [4.69, 9.17) is 0 Å². The normalized spacial score (nSPS) is 11.4. The average Bonchev–Trinajstić information content (AvgIpc) is 2.69. The molecular formula is C22H20N2O3. The van der Waals surface area contributed by atoms with Crippen LogP contribution in [0.4, 0.5) is 10.5 Å². The molecule has 3 N–H and O–H groups in total. The Kier molecular flexibility index (Phi) is 5.84. The monoisotopic (exact) mass is 360 g/mol. The number of carbonyl (C=O) groups excluding carboxylic acids is 1. The molecule has 0 aliphatic rings. The van der Waals surface area contributed by atoms with E-state index in [1.165, 1.54) is 0 Å². The van der Waals surface area contributed by atoms with Gasteiger partial charge in [-0.3, -0.25) is 0 Å². The number of benzene rings is 3. The molecule has 0 saturated carbocycles. The maximum Gasteiger partial charge on any atom is 0.326 e. The highest BCUT2D eigenvalue weighted by Gasteiger charge is 2.20. The van der Waals surface area contributed by atoms with Gasteiger partial charge < -0.3 is 15.7 Å². The third-order valence-electron chi connectivity index (χ3n) is 4.14. The van der Waals surface area contributed by atoms with E-state index in [0.717, 1.165) is 16.7 Å². The number of hydrogen-bond acceptors (Lipinski definition) is 2. The standard InChI is InChI=1S/C22H20N2O3/c25-21(26)20(15-16-7-3-1-4-8-16)24-22(27)23-19-13-11-18(12-14-19)17-9-5-2-6-10-17/h1-14,20H,15H2,(H,25,26)(H2,23,24,27)/t20-/m0/s1. The molecule has 5 heteroatoms. The van der Waals surface area contributed by atoms with Crippen LogP contribution >= 0.6 is 0 Å². The molecule has 3 rings (SSSR count). The van der Waals surface area contributed by atoms with Crippen molar-refractivity contribution in [2.24, 2.45) is 0 Å². The molecule has 136 valence electrons. The molecule has 3 aromatic rings. The van der Waals surface area contributed by atoms with Crippen LogP contribution in [0.3, 0.4) is 0 Å². The minimum atomic E-state index is -1.08. The van der Waals surface area contributed by atoms with Crippen LogP contribution < -0.4 is 10.6 Å². The van der Waals surface area contributed by atoms with Crippen molar-refractivity contribution < 1.29 is 14.7 Å². The first kappa shape index (κ1) is 18.2. The van der Waals surface area contributed by atoms with Crippen molar-refractivity contribution in [1.82, 2.24) is 5.32 Å². The Labute approximate surface area is 157 Å². The van der Waals surface area contributed by atoms with Gasteiger partial charge in [-0.1, -0.05) is 72.8 Å². The minimum Gasteiger partial charge on any atom is -0.480 e. The number of carbonyl (C=O) groups is 2. The van der Waals surface area contributed by atoms with E-state index >= 15 is 0 Å². The first-order valence-electron chi connectivity index (χ1n) is 8.61. The number of carboxylic acids is 1. The van der Waals surface area contributed by atoms with E-state index in [2.05, 4.69) is 10.6 Å². The van der Waals surface area contributed by atoms with E-state index in [1.807, 2.05) is 72.8 Å². The largest absolute Gasteiger partial charge is 0.480 e. The summed E-state index contributed by atoms with van der Waals surface area (Å²) in [7, 11) is 0. The highest BCUT2D eigenvalue weighted by molar-refractivity contribution is 5.92. The van der Waals surface area contributed by atoms with Crippen molar-refractivity contribution in [3.63, 3.8) is 0 Å². The Hall–Kier alpha value is -3.60. The van der Waals surface area contributed by atoms with Crippen LogP contribution in [0.5, 0.6) is 0 Å². The Morgan fingerprint density at radius 1 is 0.778 bits per heavy atom. The number of carboxylic acid groups (broad SMARTS) is 1. The first-order chi connectivity index (χ1) is 13.1. The number of amides is 2. The lowest BCUT2D eigenvalue weighted by atomic mass is 10.1. The van der Waals surface area contributed by atoms with Gasteiger partial charge in [0.25, 0.3) is 0 Å². The van der Waals surface area contributed by atoms with Gasteiger partial charge in [0.05, 0.1) is 0 Å². The fourth-order valence-electron chi connectivity index (χ4n) is 2.75. The zero-order valence-corrected chi connectivity index (χ0v) is 14.6. The van der Waals surface area contributed by atoms with E-state index in [0.29, 0.717) is 5.69 Å². The number of aliphatic carboxylic acids is 1. The maximum absolute atomic E-state index is 12.2. The molecule has 0 aliphatic heterocycles. The summed E-state index contributed by atoms with van der Waals surface area (Å²) in [5.41, 5.74) is 3.56. The summed E-state index contributed by atoms with van der Waals surface area (Å²) in [6.45, 7) is 0. The van der Waals surface area contributed by atoms with Gasteiger partial charge in [-0.2, -0.15) is 0 Å². The first-order valence-corrected chi connectivity index (χ1v) is 8.61. The molecule has 2 amide bonds. The quantitative estimate of drug-likeness (QED) is 0.617. The zero-order chi connectivity index (χ0) is 19.1. The van der Waals surface area contributed by atoms with Crippen LogP contribution in [-0.2, 0) is 11.2 Å². The molecule has 0 fully saturated rings. The minimum absolute atomic E-state index is 0.219. The van der Waals surface area contributed by atoms with Gasteiger partial charge in [0.1, 0.15) is 6.04 Å². The molecule has 0 saturated heterocycles. The molecule has 0 aromatic heterocycles. The lowest BCUT2D eigenvalue weighted by Crippen LogP contribution is -2.44. The van der Waals surface area contributed by atoms with E-state index < -0.39 is 18.0 Å². The second-order valence-electron chi connectivity index (χ2n) is 6.12. The molecule has 0 unspecified atom stereocenters. The van der Waals surface area contributed by atoms with Gasteiger partial charge in [0, 0.05) is 12.1 Å². The molecule has 0 radical (unpaired) electrons. The molecule has 0 heterocycles. The zero-order valence-electron chi connectivity index (χ0n) is 14.6. The molecule has 0 bridgehead atoms. The Bertz CT molecular complexity index is 894. The molecular weight excluding hydrogens is 340 g/mol. The highest BCUT2D eigenvalue weighted by atomic mass is 16.4. The molecule has 1 atom stereocenters. The second-order valence-corrected chi connectivity index (χ2v) is 6.12. The van der Waals surface area contributed by atoms with Crippen LogP contribution in [0.15, 0.2) is 84.9 Å². The van der Waals surface area contributed by atoms with Gasteiger partial charge in [0.15, 0.2) is 0 Å². The van der Waals surface area contributed by atoms with Crippen LogP contribution in [0.2, 0.25) is 0 Å². The number of anilines is 1. The van der Waals surface area contributed by atoms with Crippen molar-refractivity contribution >= 4 is 17.7 Å². The molecule has 0 spiro atoms. The number of urea groups is 1. The average molecular weight is 360 g/mol. The summed E-state index contributed by atoms with van der Waals surface area (Å²) < 4.78 is 0. The maximum atomic E-state index is 12.2. The smallest absolute Gasteiger partial charge is 0.326 e. The van der Waals surface area contributed by atoms with Crippen molar-refractivity contribution in [2.75, 3.05) is 5.32 Å². The molecule has 27 heavy (non-hydrogen) atoms. The predicted molar refractivity (Wildman–Crippen MR) is 106 cm³/mol. The van der Waals surface area contributed by atoms with Crippen molar-refractivity contribution in [2.45, 2.75) is 12.5 Å². The number of rotatable bonds is 6. The van der Waals surface area contributed by atoms with Crippen LogP contribution in [0, 0.1) is 0 Å². The lowest BCUT2D eigenvalue weighted by Gasteiger charge is -2.15. The summed E-state index contributed by atoms with van der Waals surface area (Å²) in [5, 5.41) is 14.6. The summed E-state index contributed by atoms with van der Waals surface area (Å²) in [6.07, 6.45) is 0.219.